The maximum absolute atomic E-state index is 5.12. The van der Waals surface area contributed by atoms with Gasteiger partial charge in [0.1, 0.15) is 0 Å². The third-order valence-electron chi connectivity index (χ3n) is 2.00. The molecule has 1 aromatic rings. The maximum atomic E-state index is 5.12. The number of hydrogen-bond donors (Lipinski definition) is 1. The first-order valence-electron chi connectivity index (χ1n) is 3.81. The van der Waals surface area contributed by atoms with Gasteiger partial charge in [-0.3, -0.25) is 0 Å². The molecule has 0 bridgehead atoms. The summed E-state index contributed by atoms with van der Waals surface area (Å²) in [7, 11) is 1.74. The molecule has 1 aromatic heterocycles. The third kappa shape index (κ3) is 1.44. The van der Waals surface area contributed by atoms with Gasteiger partial charge in [0.2, 0.25) is 0 Å². The highest BCUT2D eigenvalue weighted by molar-refractivity contribution is 9.11. The Balaban J connectivity index is 2.22. The van der Waals surface area contributed by atoms with Gasteiger partial charge in [-0.05, 0) is 27.6 Å². The average molecular weight is 248 g/mol. The minimum Gasteiger partial charge on any atom is -0.383 e. The number of hydrogen-bond acceptors (Lipinski definition) is 3. The summed E-state index contributed by atoms with van der Waals surface area (Å²) in [6.07, 6.45) is 0. The van der Waals surface area contributed by atoms with Crippen molar-refractivity contribution in [3.8, 4) is 0 Å². The molecule has 1 N–H and O–H groups in total. The summed E-state index contributed by atoms with van der Waals surface area (Å²) in [5.41, 5.74) is 1.41. The SMILES string of the molecule is COCC1NCc2cc(Br)sc21. The number of ether oxygens (including phenoxy) is 1. The first kappa shape index (κ1) is 8.69. The van der Waals surface area contributed by atoms with Crippen LogP contribution in [0.1, 0.15) is 16.5 Å². The van der Waals surface area contributed by atoms with Gasteiger partial charge in [-0.15, -0.1) is 11.3 Å². The summed E-state index contributed by atoms with van der Waals surface area (Å²) < 4.78 is 6.34. The van der Waals surface area contributed by atoms with E-state index in [4.69, 9.17) is 4.74 Å². The number of thiophene rings is 1. The Morgan fingerprint density at radius 2 is 2.67 bits per heavy atom. The second-order valence-corrected chi connectivity index (χ2v) is 5.29. The summed E-state index contributed by atoms with van der Waals surface area (Å²) in [6.45, 7) is 1.74. The van der Waals surface area contributed by atoms with Crippen LogP contribution in [0.5, 0.6) is 0 Å². The van der Waals surface area contributed by atoms with Gasteiger partial charge in [0.05, 0.1) is 16.4 Å². The molecule has 0 radical (unpaired) electrons. The minimum absolute atomic E-state index is 0.404. The van der Waals surface area contributed by atoms with Crippen molar-refractivity contribution in [2.45, 2.75) is 12.6 Å². The molecule has 0 saturated heterocycles. The Hall–Kier alpha value is 0.1000. The highest BCUT2D eigenvalue weighted by Crippen LogP contribution is 2.35. The molecule has 0 aliphatic carbocycles. The molecule has 0 spiro atoms. The smallest absolute Gasteiger partial charge is 0.0705 e. The van der Waals surface area contributed by atoms with E-state index in [0.717, 1.165) is 13.2 Å². The predicted octanol–water partition coefficient (Wildman–Crippen LogP) is 2.30. The summed E-state index contributed by atoms with van der Waals surface area (Å²) in [6, 6.07) is 2.59. The van der Waals surface area contributed by atoms with Crippen molar-refractivity contribution in [1.82, 2.24) is 5.32 Å². The van der Waals surface area contributed by atoms with E-state index in [9.17, 15) is 0 Å². The highest BCUT2D eigenvalue weighted by atomic mass is 79.9. The summed E-state index contributed by atoms with van der Waals surface area (Å²) in [5.74, 6) is 0. The second kappa shape index (κ2) is 3.46. The van der Waals surface area contributed by atoms with Crippen LogP contribution in [-0.4, -0.2) is 13.7 Å². The number of methoxy groups -OCH3 is 1. The molecule has 4 heteroatoms. The lowest BCUT2D eigenvalue weighted by atomic mass is 10.2. The zero-order chi connectivity index (χ0) is 8.55. The molecule has 2 rings (SSSR count). The van der Waals surface area contributed by atoms with Crippen LogP contribution in [0, 0.1) is 0 Å². The van der Waals surface area contributed by atoms with Gasteiger partial charge in [0.25, 0.3) is 0 Å². The molecule has 2 nitrogen and oxygen atoms in total. The number of rotatable bonds is 2. The topological polar surface area (TPSA) is 21.3 Å². The Morgan fingerprint density at radius 1 is 1.83 bits per heavy atom. The van der Waals surface area contributed by atoms with Crippen LogP contribution in [0.2, 0.25) is 0 Å². The Morgan fingerprint density at radius 3 is 3.42 bits per heavy atom. The standard InChI is InChI=1S/C8H10BrNOS/c1-11-4-6-8-5(3-10-6)2-7(9)12-8/h2,6,10H,3-4H2,1H3. The molecule has 0 aromatic carbocycles. The van der Waals surface area contributed by atoms with Crippen LogP contribution >= 0.6 is 27.3 Å². The van der Waals surface area contributed by atoms with E-state index in [1.54, 1.807) is 18.4 Å². The monoisotopic (exact) mass is 247 g/mol. The molecule has 0 amide bonds. The van der Waals surface area contributed by atoms with E-state index in [0.29, 0.717) is 6.04 Å². The minimum atomic E-state index is 0.404. The Kier molecular flexibility index (Phi) is 2.50. The second-order valence-electron chi connectivity index (χ2n) is 2.83. The highest BCUT2D eigenvalue weighted by Gasteiger charge is 2.23. The fraction of sp³-hybridized carbons (Fsp3) is 0.500. The van der Waals surface area contributed by atoms with Gasteiger partial charge >= 0.3 is 0 Å². The quantitative estimate of drug-likeness (QED) is 0.867. The summed E-state index contributed by atoms with van der Waals surface area (Å²) >= 11 is 5.29. The zero-order valence-electron chi connectivity index (χ0n) is 6.76. The summed E-state index contributed by atoms with van der Waals surface area (Å²) in [4.78, 5) is 1.42. The molecule has 1 unspecified atom stereocenters. The molecule has 1 atom stereocenters. The number of fused-ring (bicyclic) bond motifs is 1. The van der Waals surface area contributed by atoms with E-state index in [2.05, 4.69) is 27.3 Å². The Bertz CT molecular complexity index is 287. The van der Waals surface area contributed by atoms with Gasteiger partial charge in [-0.2, -0.15) is 0 Å². The normalized spacial score (nSPS) is 21.3. The van der Waals surface area contributed by atoms with Gasteiger partial charge in [0, 0.05) is 18.5 Å². The molecule has 12 heavy (non-hydrogen) atoms. The van der Waals surface area contributed by atoms with Crippen molar-refractivity contribution in [3.05, 3.63) is 20.3 Å². The third-order valence-corrected chi connectivity index (χ3v) is 3.79. The zero-order valence-corrected chi connectivity index (χ0v) is 9.17. The van der Waals surface area contributed by atoms with Gasteiger partial charge in [-0.1, -0.05) is 0 Å². The lowest BCUT2D eigenvalue weighted by Crippen LogP contribution is -2.16. The number of nitrogens with one attached hydrogen (secondary N) is 1. The fourth-order valence-electron chi connectivity index (χ4n) is 1.47. The molecular weight excluding hydrogens is 238 g/mol. The van der Waals surface area contributed by atoms with Gasteiger partial charge < -0.3 is 10.1 Å². The fourth-order valence-corrected chi connectivity index (χ4v) is 3.23. The van der Waals surface area contributed by atoms with E-state index >= 15 is 0 Å². The van der Waals surface area contributed by atoms with Crippen molar-refractivity contribution in [3.63, 3.8) is 0 Å². The van der Waals surface area contributed by atoms with Crippen molar-refractivity contribution in [2.75, 3.05) is 13.7 Å². The molecule has 0 fully saturated rings. The van der Waals surface area contributed by atoms with E-state index in [1.165, 1.54) is 14.2 Å². The van der Waals surface area contributed by atoms with Crippen molar-refractivity contribution >= 4 is 27.3 Å². The molecule has 1 aliphatic heterocycles. The van der Waals surface area contributed by atoms with Crippen LogP contribution < -0.4 is 5.32 Å². The molecule has 2 heterocycles. The molecular formula is C8H10BrNOS. The summed E-state index contributed by atoms with van der Waals surface area (Å²) in [5, 5.41) is 3.39. The van der Waals surface area contributed by atoms with Crippen LogP contribution in [0.25, 0.3) is 0 Å². The average Bonchev–Trinajstić information content (AvgIpc) is 2.52. The first-order chi connectivity index (χ1) is 5.81. The van der Waals surface area contributed by atoms with E-state index in [-0.39, 0.29) is 0 Å². The molecule has 1 aliphatic rings. The lowest BCUT2D eigenvalue weighted by Gasteiger charge is -2.07. The predicted molar refractivity (Wildman–Crippen MR) is 53.5 cm³/mol. The molecule has 0 saturated carbocycles. The number of halogens is 1. The lowest BCUT2D eigenvalue weighted by molar-refractivity contribution is 0.172. The van der Waals surface area contributed by atoms with Gasteiger partial charge in [0.15, 0.2) is 0 Å². The van der Waals surface area contributed by atoms with Crippen molar-refractivity contribution in [1.29, 1.82) is 0 Å². The van der Waals surface area contributed by atoms with Gasteiger partial charge in [-0.25, -0.2) is 0 Å². The van der Waals surface area contributed by atoms with Crippen LogP contribution in [0.15, 0.2) is 9.85 Å². The van der Waals surface area contributed by atoms with Crippen molar-refractivity contribution in [2.24, 2.45) is 0 Å². The van der Waals surface area contributed by atoms with E-state index < -0.39 is 0 Å². The van der Waals surface area contributed by atoms with Crippen LogP contribution in [0.3, 0.4) is 0 Å². The molecule has 66 valence electrons. The largest absolute Gasteiger partial charge is 0.383 e. The van der Waals surface area contributed by atoms with E-state index in [1.807, 2.05) is 0 Å². The first-order valence-corrected chi connectivity index (χ1v) is 5.42. The Labute approximate surface area is 84.1 Å². The maximum Gasteiger partial charge on any atom is 0.0705 e. The van der Waals surface area contributed by atoms with Crippen molar-refractivity contribution < 1.29 is 4.74 Å². The van der Waals surface area contributed by atoms with Crippen LogP contribution in [-0.2, 0) is 11.3 Å². The van der Waals surface area contributed by atoms with Crippen LogP contribution in [0.4, 0.5) is 0 Å².